The van der Waals surface area contributed by atoms with E-state index < -0.39 is 7.25 Å². The molecule has 1 rings (SSSR count). The molecule has 1 aromatic rings. The molecule has 0 N–H and O–H groups in total. The summed E-state index contributed by atoms with van der Waals surface area (Å²) in [6, 6.07) is 0. The van der Waals surface area contributed by atoms with Crippen LogP contribution in [0, 0.1) is 0 Å². The van der Waals surface area contributed by atoms with E-state index in [2.05, 4.69) is 16.5 Å². The Labute approximate surface area is 73.3 Å². The number of hydrogen-bond donors (Lipinski definition) is 0. The van der Waals surface area contributed by atoms with E-state index in [1.54, 1.807) is 12.4 Å². The molecule has 0 aliphatic rings. The van der Waals surface area contributed by atoms with Crippen LogP contribution < -0.4 is 4.57 Å². The van der Waals surface area contributed by atoms with Gasteiger partial charge in [-0.25, -0.2) is 4.57 Å². The average molecular weight is 196 g/mol. The maximum absolute atomic E-state index is 9.75. The maximum atomic E-state index is 9.75. The van der Waals surface area contributed by atoms with E-state index in [9.17, 15) is 17.3 Å². The fraction of sp³-hybridized carbons (Fsp3) is 0.333. The van der Waals surface area contributed by atoms with Crippen molar-refractivity contribution in [2.24, 2.45) is 0 Å². The molecule has 0 atom stereocenters. The highest BCUT2D eigenvalue weighted by Crippen LogP contribution is 2.06. The molecule has 74 valence electrons. The third kappa shape index (κ3) is 10.9. The molecule has 0 aliphatic carbocycles. The molecule has 7 heteroatoms. The van der Waals surface area contributed by atoms with Crippen molar-refractivity contribution < 1.29 is 21.8 Å². The van der Waals surface area contributed by atoms with Gasteiger partial charge in [-0.1, -0.05) is 0 Å². The standard InChI is InChI=1S/C6H9N2.BF4/c1-2-8-5-3-7-4-6-8;2-1(3,4)5/h3-6H,2H2,1H3;/q+1;-1. The molecule has 0 saturated heterocycles. The van der Waals surface area contributed by atoms with Crippen LogP contribution in [0.25, 0.3) is 0 Å². The number of nitrogens with zero attached hydrogens (tertiary/aromatic N) is 2. The van der Waals surface area contributed by atoms with E-state index in [4.69, 9.17) is 0 Å². The number of hydrogen-bond acceptors (Lipinski definition) is 1. The van der Waals surface area contributed by atoms with E-state index >= 15 is 0 Å². The Morgan fingerprint density at radius 1 is 1.15 bits per heavy atom. The van der Waals surface area contributed by atoms with E-state index in [0.717, 1.165) is 6.54 Å². The Bertz CT molecular complexity index is 220. The van der Waals surface area contributed by atoms with Crippen LogP contribution in [0.2, 0.25) is 0 Å². The minimum Gasteiger partial charge on any atom is -0.418 e. The Hall–Kier alpha value is -1.14. The van der Waals surface area contributed by atoms with Crippen molar-refractivity contribution in [1.29, 1.82) is 0 Å². The molecule has 0 bridgehead atoms. The smallest absolute Gasteiger partial charge is 0.418 e. The SMILES string of the molecule is CC[n+]1ccncc1.F[B-](F)(F)F. The van der Waals surface area contributed by atoms with Crippen LogP contribution in [0.5, 0.6) is 0 Å². The normalized spacial score (nSPS) is 10.2. The van der Waals surface area contributed by atoms with Crippen LogP contribution >= 0.6 is 0 Å². The first-order valence-corrected chi connectivity index (χ1v) is 3.60. The van der Waals surface area contributed by atoms with Crippen LogP contribution in [-0.2, 0) is 6.54 Å². The van der Waals surface area contributed by atoms with Gasteiger partial charge < -0.3 is 17.3 Å². The first kappa shape index (κ1) is 11.9. The van der Waals surface area contributed by atoms with Crippen molar-refractivity contribution in [3.05, 3.63) is 24.8 Å². The highest BCUT2D eigenvalue weighted by molar-refractivity contribution is 6.50. The van der Waals surface area contributed by atoms with Gasteiger partial charge in [0.05, 0.1) is 12.4 Å². The van der Waals surface area contributed by atoms with Crippen molar-refractivity contribution in [2.45, 2.75) is 13.5 Å². The van der Waals surface area contributed by atoms with Gasteiger partial charge in [0.25, 0.3) is 0 Å². The molecule has 0 aliphatic heterocycles. The molecule has 0 amide bonds. The lowest BCUT2D eigenvalue weighted by molar-refractivity contribution is -0.694. The second-order valence-electron chi connectivity index (χ2n) is 2.07. The molecule has 13 heavy (non-hydrogen) atoms. The summed E-state index contributed by atoms with van der Waals surface area (Å²) in [5.74, 6) is 0. The minimum atomic E-state index is -6.00. The number of rotatable bonds is 1. The molecular weight excluding hydrogens is 187 g/mol. The largest absolute Gasteiger partial charge is 0.673 e. The van der Waals surface area contributed by atoms with Crippen molar-refractivity contribution in [2.75, 3.05) is 0 Å². The van der Waals surface area contributed by atoms with Gasteiger partial charge >= 0.3 is 7.25 Å². The van der Waals surface area contributed by atoms with Crippen LogP contribution in [0.15, 0.2) is 24.8 Å². The van der Waals surface area contributed by atoms with Crippen molar-refractivity contribution in [1.82, 2.24) is 4.98 Å². The summed E-state index contributed by atoms with van der Waals surface area (Å²) in [5.41, 5.74) is 0. The second-order valence-corrected chi connectivity index (χ2v) is 2.07. The fourth-order valence-corrected chi connectivity index (χ4v) is 0.558. The van der Waals surface area contributed by atoms with Gasteiger partial charge in [-0.3, -0.25) is 4.98 Å². The topological polar surface area (TPSA) is 16.8 Å². The summed E-state index contributed by atoms with van der Waals surface area (Å²) >= 11 is 0. The molecular formula is C6H9BF4N2. The van der Waals surface area contributed by atoms with Crippen molar-refractivity contribution >= 4 is 7.25 Å². The Kier molecular flexibility index (Phi) is 5.02. The lowest BCUT2D eigenvalue weighted by Crippen LogP contribution is -2.30. The Morgan fingerprint density at radius 2 is 1.54 bits per heavy atom. The van der Waals surface area contributed by atoms with Crippen molar-refractivity contribution in [3.8, 4) is 0 Å². The predicted octanol–water partition coefficient (Wildman–Crippen LogP) is 1.69. The molecule has 0 unspecified atom stereocenters. The summed E-state index contributed by atoms with van der Waals surface area (Å²) < 4.78 is 41.1. The average Bonchev–Trinajstić information content (AvgIpc) is 2.03. The third-order valence-corrected chi connectivity index (χ3v) is 1.05. The van der Waals surface area contributed by atoms with E-state index in [-0.39, 0.29) is 0 Å². The Balaban J connectivity index is 0.000000252. The quantitative estimate of drug-likeness (QED) is 0.379. The zero-order chi connectivity index (χ0) is 10.3. The number of halogens is 4. The van der Waals surface area contributed by atoms with Crippen LogP contribution in [0.4, 0.5) is 17.3 Å². The number of aryl methyl sites for hydroxylation is 1. The highest BCUT2D eigenvalue weighted by Gasteiger charge is 2.20. The van der Waals surface area contributed by atoms with Gasteiger partial charge in [0.1, 0.15) is 6.54 Å². The lowest BCUT2D eigenvalue weighted by Gasteiger charge is -1.94. The van der Waals surface area contributed by atoms with Gasteiger partial charge in [-0.2, -0.15) is 0 Å². The fourth-order valence-electron chi connectivity index (χ4n) is 0.558. The van der Waals surface area contributed by atoms with Gasteiger partial charge in [-0.05, 0) is 6.92 Å². The molecule has 1 heterocycles. The molecule has 1 aromatic heterocycles. The molecule has 0 spiro atoms. The van der Waals surface area contributed by atoms with Crippen molar-refractivity contribution in [3.63, 3.8) is 0 Å². The van der Waals surface area contributed by atoms with Gasteiger partial charge in [0, 0.05) is 0 Å². The summed E-state index contributed by atoms with van der Waals surface area (Å²) in [4.78, 5) is 3.87. The number of aromatic nitrogens is 2. The first-order chi connectivity index (χ1) is 5.93. The molecule has 0 saturated carbocycles. The monoisotopic (exact) mass is 196 g/mol. The molecule has 0 aromatic carbocycles. The summed E-state index contributed by atoms with van der Waals surface area (Å²) in [6.07, 6.45) is 7.45. The minimum absolute atomic E-state index is 1.02. The lowest BCUT2D eigenvalue weighted by atomic mass is 10.3. The maximum Gasteiger partial charge on any atom is 0.673 e. The van der Waals surface area contributed by atoms with E-state index in [1.165, 1.54) is 0 Å². The highest BCUT2D eigenvalue weighted by atomic mass is 19.5. The molecule has 0 fully saturated rings. The molecule has 2 nitrogen and oxygen atoms in total. The zero-order valence-electron chi connectivity index (χ0n) is 7.00. The van der Waals surface area contributed by atoms with Gasteiger partial charge in [0.15, 0.2) is 12.4 Å². The van der Waals surface area contributed by atoms with Gasteiger partial charge in [0.2, 0.25) is 0 Å². The van der Waals surface area contributed by atoms with E-state index in [1.807, 2.05) is 12.4 Å². The Morgan fingerprint density at radius 3 is 1.77 bits per heavy atom. The van der Waals surface area contributed by atoms with E-state index in [0.29, 0.717) is 0 Å². The van der Waals surface area contributed by atoms with Crippen LogP contribution in [-0.4, -0.2) is 12.2 Å². The summed E-state index contributed by atoms with van der Waals surface area (Å²) in [5, 5.41) is 0. The first-order valence-electron chi connectivity index (χ1n) is 3.60. The molecule has 0 radical (unpaired) electrons. The van der Waals surface area contributed by atoms with Gasteiger partial charge in [-0.15, -0.1) is 0 Å². The van der Waals surface area contributed by atoms with Crippen LogP contribution in [0.1, 0.15) is 6.92 Å². The zero-order valence-corrected chi connectivity index (χ0v) is 7.00. The summed E-state index contributed by atoms with van der Waals surface area (Å²) in [7, 11) is -6.00. The third-order valence-electron chi connectivity index (χ3n) is 1.05. The summed E-state index contributed by atoms with van der Waals surface area (Å²) in [6.45, 7) is 3.11. The predicted molar refractivity (Wildman–Crippen MR) is 40.3 cm³/mol. The van der Waals surface area contributed by atoms with Crippen LogP contribution in [0.3, 0.4) is 0 Å². The second kappa shape index (κ2) is 5.50.